The molecular weight excluding hydrogens is 376 g/mol. The average molecular weight is 404 g/mol. The van der Waals surface area contributed by atoms with E-state index >= 15 is 0 Å². The van der Waals surface area contributed by atoms with E-state index in [4.69, 9.17) is 9.47 Å². The Morgan fingerprint density at radius 3 is 2.00 bits per heavy atom. The molecule has 1 unspecified atom stereocenters. The minimum Gasteiger partial charge on any atom is -0.450 e. The van der Waals surface area contributed by atoms with Crippen LogP contribution in [0.25, 0.3) is 0 Å². The first-order chi connectivity index (χ1) is 12.9. The van der Waals surface area contributed by atoms with Crippen LogP contribution >= 0.6 is 0 Å². The molecule has 11 heteroatoms. The molecule has 3 aliphatic rings. The van der Waals surface area contributed by atoms with Crippen LogP contribution in [0.1, 0.15) is 19.8 Å². The Morgan fingerprint density at radius 1 is 0.963 bits per heavy atom. The van der Waals surface area contributed by atoms with Gasteiger partial charge in [0.2, 0.25) is 0 Å². The van der Waals surface area contributed by atoms with Crippen LogP contribution in [0.4, 0.5) is 4.79 Å². The first kappa shape index (κ1) is 20.3. The number of hydrogen-bond donors (Lipinski definition) is 0. The molecule has 10 nitrogen and oxygen atoms in total. The van der Waals surface area contributed by atoms with Crippen molar-refractivity contribution in [2.24, 2.45) is 0 Å². The van der Waals surface area contributed by atoms with Crippen LogP contribution in [0.15, 0.2) is 0 Å². The minimum absolute atomic E-state index is 0.0346. The van der Waals surface area contributed by atoms with E-state index in [1.54, 1.807) is 11.8 Å². The summed E-state index contributed by atoms with van der Waals surface area (Å²) >= 11 is 0. The number of carbonyl (C=O) groups is 2. The van der Waals surface area contributed by atoms with Gasteiger partial charge in [-0.05, 0) is 19.8 Å². The molecule has 3 heterocycles. The first-order valence-corrected chi connectivity index (χ1v) is 10.9. The van der Waals surface area contributed by atoms with Gasteiger partial charge in [0.1, 0.15) is 6.10 Å². The van der Waals surface area contributed by atoms with Crippen molar-refractivity contribution < 1.29 is 27.5 Å². The van der Waals surface area contributed by atoms with Crippen LogP contribution in [0, 0.1) is 0 Å². The van der Waals surface area contributed by atoms with Crippen molar-refractivity contribution in [3.05, 3.63) is 0 Å². The Morgan fingerprint density at radius 2 is 1.52 bits per heavy atom. The molecule has 154 valence electrons. The summed E-state index contributed by atoms with van der Waals surface area (Å²) in [5, 5.41) is 0. The molecule has 0 N–H and O–H groups in total. The van der Waals surface area contributed by atoms with Gasteiger partial charge in [-0.2, -0.15) is 17.0 Å². The van der Waals surface area contributed by atoms with Crippen molar-refractivity contribution in [1.82, 2.24) is 18.4 Å². The molecule has 3 fully saturated rings. The lowest BCUT2D eigenvalue weighted by Gasteiger charge is -2.39. The highest BCUT2D eigenvalue weighted by atomic mass is 32.2. The first-order valence-electron chi connectivity index (χ1n) is 9.50. The molecule has 0 saturated carbocycles. The lowest BCUT2D eigenvalue weighted by molar-refractivity contribution is -0.142. The van der Waals surface area contributed by atoms with E-state index in [0.29, 0.717) is 39.4 Å². The lowest BCUT2D eigenvalue weighted by atomic mass is 10.2. The second-order valence-corrected chi connectivity index (χ2v) is 8.75. The summed E-state index contributed by atoms with van der Waals surface area (Å²) in [6.07, 6.45) is 0.852. The Bertz CT molecular complexity index is 635. The normalized spacial score (nSPS) is 25.6. The summed E-state index contributed by atoms with van der Waals surface area (Å²) in [6.45, 7) is 5.08. The summed E-state index contributed by atoms with van der Waals surface area (Å²) < 4.78 is 38.9. The maximum absolute atomic E-state index is 12.9. The molecule has 0 aromatic carbocycles. The zero-order valence-electron chi connectivity index (χ0n) is 15.7. The summed E-state index contributed by atoms with van der Waals surface area (Å²) in [4.78, 5) is 27.3. The van der Waals surface area contributed by atoms with Gasteiger partial charge in [0.05, 0.1) is 6.61 Å². The minimum atomic E-state index is -3.60. The number of carbonyl (C=O) groups excluding carboxylic acids is 2. The standard InChI is InChI=1S/C16H28N4O6S/c1-2-25-16(22)18-7-11-20(12-8-18)27(23,24)19-9-5-17(6-10-19)15(21)14-4-3-13-26-14/h14H,2-13H2,1H3. The molecule has 3 rings (SSSR count). The molecule has 27 heavy (non-hydrogen) atoms. The van der Waals surface area contributed by atoms with Crippen molar-refractivity contribution in [3.8, 4) is 0 Å². The largest absolute Gasteiger partial charge is 0.450 e. The molecule has 3 aliphatic heterocycles. The number of hydrogen-bond acceptors (Lipinski definition) is 6. The van der Waals surface area contributed by atoms with Crippen LogP contribution in [-0.2, 0) is 24.5 Å². The van der Waals surface area contributed by atoms with Crippen LogP contribution < -0.4 is 0 Å². The van der Waals surface area contributed by atoms with Gasteiger partial charge in [0, 0.05) is 59.0 Å². The van der Waals surface area contributed by atoms with Gasteiger partial charge in [-0.15, -0.1) is 0 Å². The van der Waals surface area contributed by atoms with E-state index in [0.717, 1.165) is 12.8 Å². The maximum atomic E-state index is 12.9. The molecule has 0 bridgehead atoms. The monoisotopic (exact) mass is 404 g/mol. The van der Waals surface area contributed by atoms with E-state index in [-0.39, 0.29) is 38.2 Å². The van der Waals surface area contributed by atoms with Crippen molar-refractivity contribution in [2.45, 2.75) is 25.9 Å². The lowest BCUT2D eigenvalue weighted by Crippen LogP contribution is -2.58. The second-order valence-electron chi connectivity index (χ2n) is 6.82. The van der Waals surface area contributed by atoms with E-state index in [2.05, 4.69) is 0 Å². The van der Waals surface area contributed by atoms with Gasteiger partial charge in [0.15, 0.2) is 0 Å². The third kappa shape index (κ3) is 4.53. The number of ether oxygens (including phenoxy) is 2. The van der Waals surface area contributed by atoms with Gasteiger partial charge in [-0.3, -0.25) is 4.79 Å². The molecule has 2 amide bonds. The molecule has 0 aromatic rings. The highest BCUT2D eigenvalue weighted by molar-refractivity contribution is 7.86. The second kappa shape index (κ2) is 8.72. The highest BCUT2D eigenvalue weighted by Crippen LogP contribution is 2.19. The average Bonchev–Trinajstić information content (AvgIpc) is 3.22. The molecule has 0 radical (unpaired) electrons. The quantitative estimate of drug-likeness (QED) is 0.616. The summed E-state index contributed by atoms with van der Waals surface area (Å²) in [6, 6.07) is 0. The molecule has 0 aromatic heterocycles. The zero-order valence-corrected chi connectivity index (χ0v) is 16.5. The van der Waals surface area contributed by atoms with Crippen molar-refractivity contribution in [2.75, 3.05) is 65.6 Å². The Kier molecular flexibility index (Phi) is 6.56. The van der Waals surface area contributed by atoms with E-state index < -0.39 is 16.3 Å². The van der Waals surface area contributed by atoms with Gasteiger partial charge in [0.25, 0.3) is 16.1 Å². The predicted octanol–water partition coefficient (Wildman–Crippen LogP) is -0.671. The fourth-order valence-electron chi connectivity index (χ4n) is 3.59. The number of nitrogens with zero attached hydrogens (tertiary/aromatic N) is 4. The highest BCUT2D eigenvalue weighted by Gasteiger charge is 2.37. The molecule has 1 atom stereocenters. The maximum Gasteiger partial charge on any atom is 0.409 e. The van der Waals surface area contributed by atoms with Crippen molar-refractivity contribution >= 4 is 22.2 Å². The third-order valence-electron chi connectivity index (χ3n) is 5.17. The van der Waals surface area contributed by atoms with E-state index in [1.165, 1.54) is 13.5 Å². The summed E-state index contributed by atoms with van der Waals surface area (Å²) in [5.41, 5.74) is 0. The Labute approximate surface area is 160 Å². The summed E-state index contributed by atoms with van der Waals surface area (Å²) in [5.74, 6) is -0.0346. The van der Waals surface area contributed by atoms with Crippen LogP contribution in [0.3, 0.4) is 0 Å². The van der Waals surface area contributed by atoms with E-state index in [1.807, 2.05) is 0 Å². The summed E-state index contributed by atoms with van der Waals surface area (Å²) in [7, 11) is -3.60. The van der Waals surface area contributed by atoms with Crippen molar-refractivity contribution in [3.63, 3.8) is 0 Å². The molecule has 3 saturated heterocycles. The topological polar surface area (TPSA) is 99.7 Å². The van der Waals surface area contributed by atoms with Crippen molar-refractivity contribution in [1.29, 1.82) is 0 Å². The fourth-order valence-corrected chi connectivity index (χ4v) is 5.17. The smallest absolute Gasteiger partial charge is 0.409 e. The Hall–Kier alpha value is -1.43. The molecular formula is C16H28N4O6S. The van der Waals surface area contributed by atoms with Gasteiger partial charge in [-0.1, -0.05) is 0 Å². The fraction of sp³-hybridized carbons (Fsp3) is 0.875. The van der Waals surface area contributed by atoms with Crippen LogP contribution in [-0.4, -0.2) is 111 Å². The number of amides is 2. The van der Waals surface area contributed by atoms with Gasteiger partial charge >= 0.3 is 6.09 Å². The number of rotatable bonds is 4. The zero-order chi connectivity index (χ0) is 19.4. The van der Waals surface area contributed by atoms with Crippen LogP contribution in [0.5, 0.6) is 0 Å². The third-order valence-corrected chi connectivity index (χ3v) is 7.21. The van der Waals surface area contributed by atoms with Gasteiger partial charge in [-0.25, -0.2) is 4.79 Å². The number of piperazine rings is 2. The van der Waals surface area contributed by atoms with E-state index in [9.17, 15) is 18.0 Å². The molecule has 0 aliphatic carbocycles. The Balaban J connectivity index is 1.50. The molecule has 0 spiro atoms. The van der Waals surface area contributed by atoms with Gasteiger partial charge < -0.3 is 19.3 Å². The SMILES string of the molecule is CCOC(=O)N1CCN(S(=O)(=O)N2CCN(C(=O)C3CCCO3)CC2)CC1. The predicted molar refractivity (Wildman–Crippen MR) is 96.2 cm³/mol. The van der Waals surface area contributed by atoms with Crippen LogP contribution in [0.2, 0.25) is 0 Å².